The number of hydrogen-bond acceptors (Lipinski definition) is 3. The number of rotatable bonds is 1. The second-order valence-corrected chi connectivity index (χ2v) is 8.15. The van der Waals surface area contributed by atoms with Crippen LogP contribution in [-0.4, -0.2) is 26.6 Å². The molecule has 3 rings (SSSR count). The Morgan fingerprint density at radius 2 is 1.62 bits per heavy atom. The maximum absolute atomic E-state index is 12.6. The van der Waals surface area contributed by atoms with Crippen molar-refractivity contribution >= 4 is 61.0 Å². The zero-order valence-corrected chi connectivity index (χ0v) is 14.7. The molecule has 0 aromatic heterocycles. The van der Waals surface area contributed by atoms with Gasteiger partial charge in [-0.05, 0) is 31.0 Å². The van der Waals surface area contributed by atoms with E-state index >= 15 is 0 Å². The number of amides is 2. The van der Waals surface area contributed by atoms with Gasteiger partial charge in [0.2, 0.25) is 11.8 Å². The van der Waals surface area contributed by atoms with Crippen LogP contribution < -0.4 is 4.90 Å². The first-order valence-corrected chi connectivity index (χ1v) is 8.75. The summed E-state index contributed by atoms with van der Waals surface area (Å²) in [5, 5.41) is 10.3. The van der Waals surface area contributed by atoms with Crippen molar-refractivity contribution in [3.05, 3.63) is 23.2 Å². The van der Waals surface area contributed by atoms with E-state index in [0.29, 0.717) is 17.9 Å². The summed E-state index contributed by atoms with van der Waals surface area (Å²) in [6.07, 6.45) is 1.20. The van der Waals surface area contributed by atoms with E-state index < -0.39 is 0 Å². The molecule has 4 nitrogen and oxygen atoms in total. The largest absolute Gasteiger partial charge is 0.506 e. The molecule has 2 aliphatic rings. The highest BCUT2D eigenvalue weighted by Gasteiger charge is 2.52. The van der Waals surface area contributed by atoms with Crippen LogP contribution in [0.2, 0.25) is 5.02 Å². The third-order valence-electron chi connectivity index (χ3n) is 4.09. The average molecular weight is 438 g/mol. The fraction of sp³-hybridized carbons (Fsp3) is 0.429. The molecule has 1 saturated carbocycles. The van der Waals surface area contributed by atoms with Gasteiger partial charge < -0.3 is 5.11 Å². The molecule has 21 heavy (non-hydrogen) atoms. The first kappa shape index (κ1) is 15.3. The van der Waals surface area contributed by atoms with E-state index in [9.17, 15) is 14.7 Å². The smallest absolute Gasteiger partial charge is 0.237 e. The number of carbonyl (C=O) groups is 2. The predicted octanol–water partition coefficient (Wildman–Crippen LogP) is 3.47. The van der Waals surface area contributed by atoms with Gasteiger partial charge in [-0.25, -0.2) is 4.90 Å². The van der Waals surface area contributed by atoms with Gasteiger partial charge in [0.25, 0.3) is 0 Å². The zero-order valence-electron chi connectivity index (χ0n) is 10.8. The number of imide groups is 1. The van der Waals surface area contributed by atoms with Gasteiger partial charge in [-0.1, -0.05) is 43.5 Å². The van der Waals surface area contributed by atoms with Gasteiger partial charge in [-0.2, -0.15) is 0 Å². The molecular weight excluding hydrogens is 425 g/mol. The average Bonchev–Trinajstić information content (AvgIpc) is 2.66. The molecule has 2 amide bonds. The van der Waals surface area contributed by atoms with E-state index in [2.05, 4.69) is 31.9 Å². The van der Waals surface area contributed by atoms with E-state index in [4.69, 9.17) is 11.6 Å². The van der Waals surface area contributed by atoms with Crippen LogP contribution in [0.25, 0.3) is 0 Å². The number of fused-ring (bicyclic) bond motifs is 1. The van der Waals surface area contributed by atoms with Gasteiger partial charge in [-0.15, -0.1) is 0 Å². The van der Waals surface area contributed by atoms with Gasteiger partial charge in [-0.3, -0.25) is 9.59 Å². The minimum Gasteiger partial charge on any atom is -0.506 e. The summed E-state index contributed by atoms with van der Waals surface area (Å²) in [6.45, 7) is 0. The number of phenolic OH excluding ortho intramolecular Hbond substituents is 1. The van der Waals surface area contributed by atoms with Gasteiger partial charge in [0.1, 0.15) is 5.75 Å². The Morgan fingerprint density at radius 1 is 1.10 bits per heavy atom. The lowest BCUT2D eigenvalue weighted by atomic mass is 9.81. The second-order valence-electron chi connectivity index (χ2n) is 5.36. The van der Waals surface area contributed by atoms with Crippen LogP contribution in [0.5, 0.6) is 5.75 Å². The molecule has 112 valence electrons. The third-order valence-corrected chi connectivity index (χ3v) is 7.06. The van der Waals surface area contributed by atoms with Crippen molar-refractivity contribution in [1.82, 2.24) is 0 Å². The van der Waals surface area contributed by atoms with Crippen molar-refractivity contribution in [3.63, 3.8) is 0 Å². The van der Waals surface area contributed by atoms with Crippen molar-refractivity contribution in [2.24, 2.45) is 11.8 Å². The maximum Gasteiger partial charge on any atom is 0.237 e. The van der Waals surface area contributed by atoms with Crippen LogP contribution >= 0.6 is 43.5 Å². The topological polar surface area (TPSA) is 57.6 Å². The molecule has 1 heterocycles. The molecule has 1 aliphatic heterocycles. The summed E-state index contributed by atoms with van der Waals surface area (Å²) >= 11 is 13.0. The zero-order chi connectivity index (χ0) is 15.3. The number of aromatic hydroxyl groups is 1. The lowest BCUT2D eigenvalue weighted by molar-refractivity contribution is -0.122. The Bertz CT molecular complexity index is 596. The Labute approximate surface area is 143 Å². The first-order chi connectivity index (χ1) is 9.90. The summed E-state index contributed by atoms with van der Waals surface area (Å²) in [6, 6.07) is 4.35. The molecule has 0 radical (unpaired) electrons. The molecule has 0 spiro atoms. The molecule has 1 aliphatic carbocycles. The summed E-state index contributed by atoms with van der Waals surface area (Å²) < 4.78 is 0. The van der Waals surface area contributed by atoms with Crippen molar-refractivity contribution in [1.29, 1.82) is 0 Å². The molecule has 1 aromatic carbocycles. The minimum atomic E-state index is -0.339. The number of anilines is 1. The fourth-order valence-corrected chi connectivity index (χ4v) is 4.41. The molecule has 0 unspecified atom stereocenters. The highest BCUT2D eigenvalue weighted by Crippen LogP contribution is 2.46. The number of benzene rings is 1. The van der Waals surface area contributed by atoms with Gasteiger partial charge in [0, 0.05) is 14.7 Å². The van der Waals surface area contributed by atoms with Crippen LogP contribution in [0.4, 0.5) is 5.69 Å². The number of carbonyl (C=O) groups excluding carboxylic acids is 2. The normalized spacial score (nSPS) is 32.4. The van der Waals surface area contributed by atoms with E-state index in [1.165, 1.54) is 18.2 Å². The van der Waals surface area contributed by atoms with E-state index in [0.717, 1.165) is 4.90 Å². The van der Waals surface area contributed by atoms with E-state index in [-0.39, 0.29) is 44.7 Å². The second kappa shape index (κ2) is 5.56. The highest BCUT2D eigenvalue weighted by molar-refractivity contribution is 9.12. The summed E-state index contributed by atoms with van der Waals surface area (Å²) in [5.41, 5.74) is 0.171. The fourth-order valence-electron chi connectivity index (χ4n) is 3.01. The number of alkyl halides is 2. The predicted molar refractivity (Wildman–Crippen MR) is 87.3 cm³/mol. The Morgan fingerprint density at radius 3 is 2.14 bits per heavy atom. The monoisotopic (exact) mass is 435 g/mol. The van der Waals surface area contributed by atoms with Crippen molar-refractivity contribution in [2.45, 2.75) is 22.5 Å². The molecule has 4 atom stereocenters. The van der Waals surface area contributed by atoms with Crippen molar-refractivity contribution < 1.29 is 14.7 Å². The Balaban J connectivity index is 2.00. The number of hydrogen-bond donors (Lipinski definition) is 1. The van der Waals surface area contributed by atoms with Crippen LogP contribution in [0.3, 0.4) is 0 Å². The molecule has 1 N–H and O–H groups in total. The Hall–Kier alpha value is -0.590. The molecule has 7 heteroatoms. The molecular formula is C14H12Br2ClNO3. The van der Waals surface area contributed by atoms with Crippen LogP contribution in [0, 0.1) is 11.8 Å². The van der Waals surface area contributed by atoms with Gasteiger partial charge in [0.15, 0.2) is 0 Å². The summed E-state index contributed by atoms with van der Waals surface area (Å²) in [5.74, 6) is -1.31. The van der Waals surface area contributed by atoms with Crippen LogP contribution in [-0.2, 0) is 9.59 Å². The minimum absolute atomic E-state index is 0.120. The van der Waals surface area contributed by atoms with Crippen LogP contribution in [0.15, 0.2) is 18.2 Å². The van der Waals surface area contributed by atoms with Gasteiger partial charge >= 0.3 is 0 Å². The van der Waals surface area contributed by atoms with Gasteiger partial charge in [0.05, 0.1) is 17.5 Å². The Kier molecular flexibility index (Phi) is 4.05. The maximum atomic E-state index is 12.6. The first-order valence-electron chi connectivity index (χ1n) is 6.54. The van der Waals surface area contributed by atoms with E-state index in [1.54, 1.807) is 0 Å². The lowest BCUT2D eigenvalue weighted by Gasteiger charge is -2.29. The number of phenols is 1. The quantitative estimate of drug-likeness (QED) is 0.541. The van der Waals surface area contributed by atoms with Crippen LogP contribution in [0.1, 0.15) is 12.8 Å². The molecule has 1 saturated heterocycles. The summed E-state index contributed by atoms with van der Waals surface area (Å²) in [7, 11) is 0. The number of nitrogens with zero attached hydrogens (tertiary/aromatic N) is 1. The highest BCUT2D eigenvalue weighted by atomic mass is 79.9. The SMILES string of the molecule is O=C1[C@H]2C[C@@H](Br)[C@@H](Br)C[C@H]2C(=O)N1c1cc(Cl)ccc1O. The number of halogens is 3. The lowest BCUT2D eigenvalue weighted by Crippen LogP contribution is -2.34. The van der Waals surface area contributed by atoms with Crippen molar-refractivity contribution in [2.75, 3.05) is 4.90 Å². The molecule has 2 fully saturated rings. The van der Waals surface area contributed by atoms with Crippen molar-refractivity contribution in [3.8, 4) is 5.75 Å². The third kappa shape index (κ3) is 2.51. The molecule has 0 bridgehead atoms. The summed E-state index contributed by atoms with van der Waals surface area (Å²) in [4.78, 5) is 26.6. The van der Waals surface area contributed by atoms with E-state index in [1.807, 2.05) is 0 Å². The standard InChI is InChI=1S/C14H12Br2ClNO3/c15-9-4-7-8(5-10(9)16)14(21)18(13(7)20)11-3-6(17)1-2-12(11)19/h1-3,7-10,19H,4-5H2/t7-,8+,9+,10-. The molecule has 1 aromatic rings.